The number of hydrogen-bond acceptors (Lipinski definition) is 3. The Morgan fingerprint density at radius 1 is 0.929 bits per heavy atom. The van der Waals surface area contributed by atoms with Crippen molar-refractivity contribution in [3.05, 3.63) is 90.5 Å². The first-order valence-corrected chi connectivity index (χ1v) is 9.69. The molecular formula is C23H20N2O2S. The molecule has 1 aliphatic heterocycles. The molecule has 0 N–H and O–H groups in total. The van der Waals surface area contributed by atoms with Crippen LogP contribution in [-0.2, 0) is 15.0 Å². The fourth-order valence-corrected chi connectivity index (χ4v) is 4.38. The third-order valence-electron chi connectivity index (χ3n) is 5.32. The number of anilines is 1. The Morgan fingerprint density at radius 3 is 2.18 bits per heavy atom. The van der Waals surface area contributed by atoms with Gasteiger partial charge in [-0.3, -0.25) is 9.59 Å². The van der Waals surface area contributed by atoms with Crippen LogP contribution in [0, 0.1) is 5.92 Å². The average Bonchev–Trinajstić information content (AvgIpc) is 2.97. The molecule has 2 aliphatic rings. The summed E-state index contributed by atoms with van der Waals surface area (Å²) in [5.41, 5.74) is -0.0817. The minimum atomic E-state index is -1.41. The Bertz CT molecular complexity index is 984. The lowest BCUT2D eigenvalue weighted by Gasteiger charge is -2.32. The number of para-hydroxylation sites is 1. The van der Waals surface area contributed by atoms with E-state index in [2.05, 4.69) is 0 Å². The monoisotopic (exact) mass is 388 g/mol. The van der Waals surface area contributed by atoms with Gasteiger partial charge in [0.15, 0.2) is 5.41 Å². The predicted molar refractivity (Wildman–Crippen MR) is 114 cm³/mol. The largest absolute Gasteiger partial charge is 0.271 e. The number of amides is 2. The molecule has 140 valence electrons. The molecule has 28 heavy (non-hydrogen) atoms. The molecule has 5 heteroatoms. The lowest BCUT2D eigenvalue weighted by Crippen LogP contribution is -2.49. The second-order valence-electron chi connectivity index (χ2n) is 6.77. The number of thiocarbonyl (C=S) groups is 1. The molecule has 0 bridgehead atoms. The number of likely N-dealkylation sites (N-methyl/N-ethyl adjacent to an activating group) is 1. The number of nitrogens with zero attached hydrogens (tertiary/aromatic N) is 2. The number of benzene rings is 2. The first kappa shape index (κ1) is 18.3. The van der Waals surface area contributed by atoms with Crippen molar-refractivity contribution in [1.82, 2.24) is 5.01 Å². The molecule has 0 radical (unpaired) electrons. The fraction of sp³-hybridized carbons (Fsp3) is 0.174. The minimum absolute atomic E-state index is 0.248. The molecule has 2 aromatic carbocycles. The second kappa shape index (κ2) is 7.17. The predicted octanol–water partition coefficient (Wildman–Crippen LogP) is 3.85. The molecule has 1 fully saturated rings. The third kappa shape index (κ3) is 2.54. The maximum absolute atomic E-state index is 14.0. The molecule has 0 spiro atoms. The van der Waals surface area contributed by atoms with Crippen molar-refractivity contribution in [2.24, 2.45) is 5.92 Å². The molecule has 1 heterocycles. The summed E-state index contributed by atoms with van der Waals surface area (Å²) in [7, 11) is 0. The second-order valence-corrected chi connectivity index (χ2v) is 7.24. The quantitative estimate of drug-likeness (QED) is 0.590. The van der Waals surface area contributed by atoms with E-state index in [1.165, 1.54) is 10.0 Å². The number of hydrogen-bond donors (Lipinski definition) is 0. The normalized spacial score (nSPS) is 24.3. The lowest BCUT2D eigenvalue weighted by atomic mass is 9.67. The van der Waals surface area contributed by atoms with Crippen LogP contribution in [0.25, 0.3) is 0 Å². The van der Waals surface area contributed by atoms with Crippen LogP contribution in [0.3, 0.4) is 0 Å². The van der Waals surface area contributed by atoms with Crippen LogP contribution in [0.4, 0.5) is 5.69 Å². The summed E-state index contributed by atoms with van der Waals surface area (Å²) >= 11 is 5.59. The standard InChI is InChI=1S/C23H20N2O2S/c1-2-24-21(26)23(17-11-5-3-6-12-17,19-15-9-10-16-20(19)28)22(27)25(24)18-13-7-4-8-14-18/h3-16,19H,2H2,1H3. The van der Waals surface area contributed by atoms with Gasteiger partial charge < -0.3 is 0 Å². The van der Waals surface area contributed by atoms with Crippen LogP contribution in [0.1, 0.15) is 12.5 Å². The third-order valence-corrected chi connectivity index (χ3v) is 5.71. The van der Waals surface area contributed by atoms with E-state index in [9.17, 15) is 9.59 Å². The van der Waals surface area contributed by atoms with Crippen LogP contribution in [-0.4, -0.2) is 28.2 Å². The molecule has 0 aromatic heterocycles. The lowest BCUT2D eigenvalue weighted by molar-refractivity contribution is -0.135. The summed E-state index contributed by atoms with van der Waals surface area (Å²) in [6.45, 7) is 2.25. The van der Waals surface area contributed by atoms with Gasteiger partial charge in [-0.2, -0.15) is 0 Å². The topological polar surface area (TPSA) is 40.6 Å². The Kier molecular flexibility index (Phi) is 4.69. The van der Waals surface area contributed by atoms with E-state index in [0.717, 1.165) is 0 Å². The van der Waals surface area contributed by atoms with E-state index in [0.29, 0.717) is 22.7 Å². The molecule has 2 unspecified atom stereocenters. The van der Waals surface area contributed by atoms with Gasteiger partial charge >= 0.3 is 0 Å². The zero-order chi connectivity index (χ0) is 19.7. The van der Waals surface area contributed by atoms with E-state index in [1.807, 2.05) is 85.8 Å². The summed E-state index contributed by atoms with van der Waals surface area (Å²) in [5.74, 6) is -1.04. The number of carbonyl (C=O) groups excluding carboxylic acids is 2. The van der Waals surface area contributed by atoms with Gasteiger partial charge in [0.1, 0.15) is 0 Å². The van der Waals surface area contributed by atoms with E-state index in [1.54, 1.807) is 6.08 Å². The summed E-state index contributed by atoms with van der Waals surface area (Å²) in [6, 6.07) is 18.5. The Hall–Kier alpha value is -3.05. The summed E-state index contributed by atoms with van der Waals surface area (Å²) < 4.78 is 0. The van der Waals surface area contributed by atoms with E-state index in [4.69, 9.17) is 12.2 Å². The maximum atomic E-state index is 14.0. The molecular weight excluding hydrogens is 368 g/mol. The van der Waals surface area contributed by atoms with Gasteiger partial charge in [-0.1, -0.05) is 79.0 Å². The zero-order valence-electron chi connectivity index (χ0n) is 15.5. The van der Waals surface area contributed by atoms with Crippen LogP contribution < -0.4 is 5.01 Å². The van der Waals surface area contributed by atoms with Crippen molar-refractivity contribution in [2.75, 3.05) is 11.6 Å². The van der Waals surface area contributed by atoms with Crippen LogP contribution in [0.15, 0.2) is 85.0 Å². The van der Waals surface area contributed by atoms with Crippen LogP contribution in [0.5, 0.6) is 0 Å². The first-order chi connectivity index (χ1) is 13.6. The van der Waals surface area contributed by atoms with Crippen molar-refractivity contribution in [2.45, 2.75) is 12.3 Å². The van der Waals surface area contributed by atoms with Gasteiger partial charge in [0.25, 0.3) is 11.8 Å². The Balaban J connectivity index is 1.97. The molecule has 4 rings (SSSR count). The number of carbonyl (C=O) groups is 2. The number of hydrazine groups is 1. The maximum Gasteiger partial charge on any atom is 0.267 e. The highest BCUT2D eigenvalue weighted by molar-refractivity contribution is 7.80. The van der Waals surface area contributed by atoms with E-state index < -0.39 is 11.3 Å². The highest BCUT2D eigenvalue weighted by Crippen LogP contribution is 2.45. The first-order valence-electron chi connectivity index (χ1n) is 9.28. The molecule has 1 saturated heterocycles. The highest BCUT2D eigenvalue weighted by Gasteiger charge is 2.63. The summed E-state index contributed by atoms with van der Waals surface area (Å²) in [6.07, 6.45) is 7.36. The van der Waals surface area contributed by atoms with Gasteiger partial charge in [-0.05, 0) is 30.7 Å². The fourth-order valence-electron chi connectivity index (χ4n) is 4.05. The Morgan fingerprint density at radius 2 is 1.57 bits per heavy atom. The van der Waals surface area contributed by atoms with Crippen molar-refractivity contribution >= 4 is 34.6 Å². The molecule has 1 aliphatic carbocycles. The molecule has 2 aromatic rings. The smallest absolute Gasteiger partial charge is 0.267 e. The van der Waals surface area contributed by atoms with Crippen molar-refractivity contribution in [3.8, 4) is 0 Å². The SMILES string of the molecule is CCN1C(=O)C(c2ccccc2)(C2C=CC=CC2=S)C(=O)N1c1ccccc1. The van der Waals surface area contributed by atoms with Gasteiger partial charge in [0, 0.05) is 17.3 Å². The van der Waals surface area contributed by atoms with Crippen molar-refractivity contribution in [3.63, 3.8) is 0 Å². The van der Waals surface area contributed by atoms with Gasteiger partial charge in [-0.15, -0.1) is 0 Å². The van der Waals surface area contributed by atoms with Gasteiger partial charge in [0.2, 0.25) is 0 Å². The molecule has 2 amide bonds. The van der Waals surface area contributed by atoms with Gasteiger partial charge in [-0.25, -0.2) is 10.0 Å². The van der Waals surface area contributed by atoms with Crippen molar-refractivity contribution in [1.29, 1.82) is 0 Å². The zero-order valence-corrected chi connectivity index (χ0v) is 16.3. The Labute approximate surface area is 169 Å². The number of allylic oxidation sites excluding steroid dienone is 4. The number of rotatable bonds is 4. The van der Waals surface area contributed by atoms with Crippen LogP contribution >= 0.6 is 12.2 Å². The van der Waals surface area contributed by atoms with Crippen LogP contribution in [0.2, 0.25) is 0 Å². The molecule has 4 nitrogen and oxygen atoms in total. The highest BCUT2D eigenvalue weighted by atomic mass is 32.1. The summed E-state index contributed by atoms with van der Waals surface area (Å²) in [4.78, 5) is 28.4. The van der Waals surface area contributed by atoms with E-state index in [-0.39, 0.29) is 11.8 Å². The average molecular weight is 388 g/mol. The molecule has 0 saturated carbocycles. The molecule has 2 atom stereocenters. The van der Waals surface area contributed by atoms with E-state index >= 15 is 0 Å². The minimum Gasteiger partial charge on any atom is -0.271 e. The van der Waals surface area contributed by atoms with Gasteiger partial charge in [0.05, 0.1) is 5.69 Å². The summed E-state index contributed by atoms with van der Waals surface area (Å²) in [5, 5.41) is 3.03. The van der Waals surface area contributed by atoms with Crippen molar-refractivity contribution < 1.29 is 9.59 Å².